The molecule has 0 aliphatic rings. The van der Waals surface area contributed by atoms with Crippen LogP contribution in [0.3, 0.4) is 0 Å². The van der Waals surface area contributed by atoms with Crippen LogP contribution in [-0.2, 0) is 5.11 Å². The quantitative estimate of drug-likeness (QED) is 0.645. The number of hydrogen-bond acceptors (Lipinski definition) is 0. The van der Waals surface area contributed by atoms with Crippen molar-refractivity contribution in [1.29, 1.82) is 0 Å². The van der Waals surface area contributed by atoms with Gasteiger partial charge < -0.3 is 0 Å². The van der Waals surface area contributed by atoms with Crippen molar-refractivity contribution in [2.45, 2.75) is 19.8 Å². The van der Waals surface area contributed by atoms with E-state index in [0.717, 1.165) is 18.4 Å². The van der Waals surface area contributed by atoms with Crippen molar-refractivity contribution in [2.75, 3.05) is 0 Å². The molecular weight excluding hydrogens is 148 g/mol. The summed E-state index contributed by atoms with van der Waals surface area (Å²) in [5.41, 5.74) is 0.783. The van der Waals surface area contributed by atoms with E-state index in [0.29, 0.717) is 0 Å². The molecule has 1 heteroatoms. The molecule has 1 aromatic rings. The van der Waals surface area contributed by atoms with Gasteiger partial charge in [0.25, 0.3) is 0 Å². The molecule has 1 nitrogen and oxygen atoms in total. The maximum Gasteiger partial charge on any atom is 0.185 e. The number of benzene rings is 1. The van der Waals surface area contributed by atoms with Gasteiger partial charge in [-0.1, -0.05) is 43.7 Å². The van der Waals surface area contributed by atoms with Crippen LogP contribution in [0.4, 0.5) is 0 Å². The van der Waals surface area contributed by atoms with Crippen molar-refractivity contribution in [3.63, 3.8) is 0 Å². The van der Waals surface area contributed by atoms with Gasteiger partial charge in [-0.2, -0.15) is 0 Å². The number of allylic oxidation sites excluding steroid dienone is 1. The van der Waals surface area contributed by atoms with Gasteiger partial charge in [-0.15, -0.1) is 0 Å². The fraction of sp³-hybridized carbons (Fsp3) is 0.273. The minimum atomic E-state index is 0.102. The van der Waals surface area contributed by atoms with Crippen molar-refractivity contribution in [2.24, 2.45) is 0 Å². The fourth-order valence-corrected chi connectivity index (χ4v) is 0.995. The lowest BCUT2D eigenvalue weighted by atomic mass is 10.1. The molecule has 1 radical (unpaired) electrons. The summed E-state index contributed by atoms with van der Waals surface area (Å²) in [7, 11) is 0. The van der Waals surface area contributed by atoms with Crippen LogP contribution >= 0.6 is 0 Å². The van der Waals surface area contributed by atoms with E-state index in [1.807, 2.05) is 24.3 Å². The Balaban J connectivity index is 2.68. The van der Waals surface area contributed by atoms with E-state index in [9.17, 15) is 5.11 Å². The van der Waals surface area contributed by atoms with E-state index in [4.69, 9.17) is 0 Å². The molecule has 0 heterocycles. The summed E-state index contributed by atoms with van der Waals surface area (Å²) in [6.45, 7) is 2.12. The molecule has 0 bridgehead atoms. The maximum atomic E-state index is 11.2. The predicted molar refractivity (Wildman–Crippen MR) is 50.5 cm³/mol. The van der Waals surface area contributed by atoms with Crippen molar-refractivity contribution in [1.82, 2.24) is 0 Å². The Labute approximate surface area is 73.4 Å². The predicted octanol–water partition coefficient (Wildman–Crippen LogP) is 3.64. The Morgan fingerprint density at radius 1 is 1.33 bits per heavy atom. The first-order valence-corrected chi connectivity index (χ1v) is 4.27. The smallest absolute Gasteiger partial charge is 0.185 e. The van der Waals surface area contributed by atoms with Crippen LogP contribution < -0.4 is 0 Å². The molecule has 0 aliphatic heterocycles. The highest BCUT2D eigenvalue weighted by Crippen LogP contribution is 2.17. The molecule has 0 unspecified atom stereocenters. The van der Waals surface area contributed by atoms with Gasteiger partial charge in [0.15, 0.2) is 5.75 Å². The first kappa shape index (κ1) is 8.85. The summed E-state index contributed by atoms with van der Waals surface area (Å²) >= 11 is 0. The van der Waals surface area contributed by atoms with E-state index < -0.39 is 0 Å². The summed E-state index contributed by atoms with van der Waals surface area (Å²) in [5.74, 6) is 0.102. The largest absolute Gasteiger partial charge is 0.289 e. The van der Waals surface area contributed by atoms with Crippen LogP contribution in [0.2, 0.25) is 0 Å². The molecule has 0 N–H and O–H groups in total. The molecule has 1 aromatic carbocycles. The zero-order valence-electron chi connectivity index (χ0n) is 7.29. The number of unbranched alkanes of at least 4 members (excludes halogenated alkanes) is 1. The van der Waals surface area contributed by atoms with Crippen molar-refractivity contribution in [3.05, 3.63) is 35.9 Å². The molecule has 0 spiro atoms. The van der Waals surface area contributed by atoms with Gasteiger partial charge in [-0.05, 0) is 12.5 Å². The van der Waals surface area contributed by atoms with E-state index in [1.54, 1.807) is 12.1 Å². The Morgan fingerprint density at radius 2 is 2.08 bits per heavy atom. The summed E-state index contributed by atoms with van der Waals surface area (Å²) < 4.78 is 0. The van der Waals surface area contributed by atoms with Crippen LogP contribution in [0.1, 0.15) is 25.3 Å². The molecular formula is C11H13O. The lowest BCUT2D eigenvalue weighted by Gasteiger charge is -1.93. The highest BCUT2D eigenvalue weighted by atomic mass is 16.3. The van der Waals surface area contributed by atoms with Gasteiger partial charge in [0.2, 0.25) is 0 Å². The Hall–Kier alpha value is -1.24. The minimum absolute atomic E-state index is 0.102. The molecule has 63 valence electrons. The lowest BCUT2D eigenvalue weighted by Crippen LogP contribution is -1.71. The SMILES string of the molecule is CCC/C=C/c1ccccc1[O]. The third-order valence-electron chi connectivity index (χ3n) is 1.67. The Morgan fingerprint density at radius 3 is 2.75 bits per heavy atom. The molecule has 0 amide bonds. The average Bonchev–Trinajstić information content (AvgIpc) is 2.09. The zero-order chi connectivity index (χ0) is 8.81. The first-order valence-electron chi connectivity index (χ1n) is 4.27. The van der Waals surface area contributed by atoms with E-state index >= 15 is 0 Å². The van der Waals surface area contributed by atoms with Gasteiger partial charge in [0, 0.05) is 5.56 Å². The molecule has 0 atom stereocenters. The number of rotatable bonds is 3. The highest BCUT2D eigenvalue weighted by Gasteiger charge is 1.94. The zero-order valence-corrected chi connectivity index (χ0v) is 7.29. The average molecular weight is 161 g/mol. The van der Waals surface area contributed by atoms with Crippen LogP contribution in [0.15, 0.2) is 30.3 Å². The summed E-state index contributed by atoms with van der Waals surface area (Å²) in [6.07, 6.45) is 6.09. The van der Waals surface area contributed by atoms with Crippen LogP contribution in [0.25, 0.3) is 6.08 Å². The van der Waals surface area contributed by atoms with Gasteiger partial charge in [-0.25, -0.2) is 0 Å². The lowest BCUT2D eigenvalue weighted by molar-refractivity contribution is 0.354. The van der Waals surface area contributed by atoms with Gasteiger partial charge >= 0.3 is 0 Å². The molecule has 12 heavy (non-hydrogen) atoms. The normalized spacial score (nSPS) is 10.8. The second-order valence-corrected chi connectivity index (χ2v) is 2.73. The Kier molecular flexibility index (Phi) is 3.39. The van der Waals surface area contributed by atoms with Crippen LogP contribution in [0, 0.1) is 0 Å². The van der Waals surface area contributed by atoms with Gasteiger partial charge in [-0.3, -0.25) is 5.11 Å². The van der Waals surface area contributed by atoms with E-state index in [1.165, 1.54) is 0 Å². The summed E-state index contributed by atoms with van der Waals surface area (Å²) in [6, 6.07) is 7.08. The monoisotopic (exact) mass is 161 g/mol. The molecule has 0 aliphatic carbocycles. The highest BCUT2D eigenvalue weighted by molar-refractivity contribution is 5.56. The topological polar surface area (TPSA) is 19.9 Å². The third-order valence-corrected chi connectivity index (χ3v) is 1.67. The molecule has 0 saturated carbocycles. The third kappa shape index (κ3) is 2.42. The molecule has 0 aromatic heterocycles. The van der Waals surface area contributed by atoms with Crippen molar-refractivity contribution in [3.8, 4) is 5.75 Å². The van der Waals surface area contributed by atoms with Gasteiger partial charge in [0.1, 0.15) is 0 Å². The van der Waals surface area contributed by atoms with Crippen molar-refractivity contribution < 1.29 is 5.11 Å². The maximum absolute atomic E-state index is 11.2. The van der Waals surface area contributed by atoms with Crippen LogP contribution in [-0.4, -0.2) is 0 Å². The second kappa shape index (κ2) is 4.60. The van der Waals surface area contributed by atoms with Crippen molar-refractivity contribution >= 4 is 6.08 Å². The molecule has 0 saturated heterocycles. The first-order chi connectivity index (χ1) is 5.84. The van der Waals surface area contributed by atoms with Crippen LogP contribution in [0.5, 0.6) is 5.75 Å². The standard InChI is InChI=1S/C11H13O/c1-2-3-4-7-10-8-5-6-9-11(10)12/h4-9H,2-3H2,1H3/b7-4+. The molecule has 1 rings (SSSR count). The summed E-state index contributed by atoms with van der Waals surface area (Å²) in [4.78, 5) is 0. The minimum Gasteiger partial charge on any atom is -0.289 e. The molecule has 0 fully saturated rings. The van der Waals surface area contributed by atoms with E-state index in [2.05, 4.69) is 6.92 Å². The second-order valence-electron chi connectivity index (χ2n) is 2.73. The fourth-order valence-electron chi connectivity index (χ4n) is 0.995. The summed E-state index contributed by atoms with van der Waals surface area (Å²) in [5, 5.41) is 11.2. The Bertz CT molecular complexity index is 263. The van der Waals surface area contributed by atoms with Gasteiger partial charge in [0.05, 0.1) is 0 Å². The number of para-hydroxylation sites is 1. The van der Waals surface area contributed by atoms with E-state index in [-0.39, 0.29) is 5.75 Å². The number of hydrogen-bond donors (Lipinski definition) is 0.